The summed E-state index contributed by atoms with van der Waals surface area (Å²) in [6.45, 7) is 0. The predicted octanol–water partition coefficient (Wildman–Crippen LogP) is 8.11. The zero-order valence-corrected chi connectivity index (χ0v) is 19.4. The minimum absolute atomic E-state index is 0.908. The lowest BCUT2D eigenvalue weighted by Crippen LogP contribution is -1.82. The number of hydrogen-bond donors (Lipinski definition) is 2. The van der Waals surface area contributed by atoms with E-state index in [0.717, 1.165) is 45.0 Å². The number of aromatic amines is 2. The number of benzene rings is 5. The fourth-order valence-corrected chi connectivity index (χ4v) is 4.79. The van der Waals surface area contributed by atoms with Crippen molar-refractivity contribution in [3.8, 4) is 45.0 Å². The maximum atomic E-state index is 4.61. The second-order valence-electron chi connectivity index (χ2n) is 9.04. The van der Waals surface area contributed by atoms with Gasteiger partial charge in [0, 0.05) is 22.3 Å². The molecular weight excluding hydrogens is 440 g/mol. The van der Waals surface area contributed by atoms with Crippen molar-refractivity contribution in [3.63, 3.8) is 0 Å². The van der Waals surface area contributed by atoms with E-state index >= 15 is 0 Å². The van der Waals surface area contributed by atoms with Crippen LogP contribution >= 0.6 is 0 Å². The third-order valence-corrected chi connectivity index (χ3v) is 6.73. The molecule has 0 aliphatic heterocycles. The molecule has 4 nitrogen and oxygen atoms in total. The quantitative estimate of drug-likeness (QED) is 0.278. The molecule has 0 spiro atoms. The molecule has 0 aliphatic carbocycles. The highest BCUT2D eigenvalue weighted by atomic mass is 15.1. The number of nitrogens with one attached hydrogen (secondary N) is 2. The average Bonchev–Trinajstić information content (AvgIpc) is 3.64. The first-order chi connectivity index (χ1) is 17.8. The minimum atomic E-state index is 0.908. The number of H-pyrrole nitrogens is 2. The number of hydrogen-bond acceptors (Lipinski definition) is 2. The Kier molecular flexibility index (Phi) is 4.74. The standard InChI is InChI=1S/C32H22N4/c1-3-8-23-16-27(14-12-21(23)6-1)31-19-29(33-35-31)25-10-5-11-26(18-25)30-20-32(36-34-30)28-15-13-22-7-2-4-9-24(22)17-28/h1-20H,(H,33,35)(H,34,36). The molecule has 170 valence electrons. The molecule has 0 atom stereocenters. The van der Waals surface area contributed by atoms with Crippen molar-refractivity contribution in [1.82, 2.24) is 20.4 Å². The van der Waals surface area contributed by atoms with Crippen molar-refractivity contribution < 1.29 is 0 Å². The van der Waals surface area contributed by atoms with Gasteiger partial charge in [-0.15, -0.1) is 0 Å². The molecule has 2 N–H and O–H groups in total. The van der Waals surface area contributed by atoms with Crippen LogP contribution in [0, 0.1) is 0 Å². The Balaban J connectivity index is 1.19. The molecule has 0 bridgehead atoms. The van der Waals surface area contributed by atoms with E-state index in [9.17, 15) is 0 Å². The number of rotatable bonds is 4. The molecule has 0 aliphatic rings. The second-order valence-corrected chi connectivity index (χ2v) is 9.04. The summed E-state index contributed by atoms with van der Waals surface area (Å²) in [5.74, 6) is 0. The summed E-state index contributed by atoms with van der Waals surface area (Å²) < 4.78 is 0. The average molecular weight is 463 g/mol. The Morgan fingerprint density at radius 1 is 0.361 bits per heavy atom. The Hall–Kier alpha value is -4.96. The third kappa shape index (κ3) is 3.65. The van der Waals surface area contributed by atoms with Gasteiger partial charge in [-0.25, -0.2) is 0 Å². The Labute approximate surface area is 208 Å². The first kappa shape index (κ1) is 20.4. The molecule has 0 saturated heterocycles. The van der Waals surface area contributed by atoms with E-state index in [0.29, 0.717) is 0 Å². The van der Waals surface area contributed by atoms with Gasteiger partial charge >= 0.3 is 0 Å². The summed E-state index contributed by atoms with van der Waals surface area (Å²) in [6, 6.07) is 42.3. The van der Waals surface area contributed by atoms with E-state index in [1.807, 2.05) is 0 Å². The zero-order valence-electron chi connectivity index (χ0n) is 19.4. The van der Waals surface area contributed by atoms with Crippen LogP contribution in [0.3, 0.4) is 0 Å². The Bertz CT molecular complexity index is 1720. The number of aromatic nitrogens is 4. The topological polar surface area (TPSA) is 57.4 Å². The van der Waals surface area contributed by atoms with Gasteiger partial charge in [-0.3, -0.25) is 10.2 Å². The van der Waals surface area contributed by atoms with Crippen LogP contribution in [0.5, 0.6) is 0 Å². The lowest BCUT2D eigenvalue weighted by Gasteiger charge is -2.02. The molecule has 0 amide bonds. The second kappa shape index (κ2) is 8.36. The predicted molar refractivity (Wildman–Crippen MR) is 147 cm³/mol. The smallest absolute Gasteiger partial charge is 0.0927 e. The van der Waals surface area contributed by atoms with E-state index in [2.05, 4.69) is 142 Å². The van der Waals surface area contributed by atoms with Gasteiger partial charge in [0.1, 0.15) is 0 Å². The molecule has 7 aromatic rings. The van der Waals surface area contributed by atoms with E-state index in [-0.39, 0.29) is 0 Å². The highest BCUT2D eigenvalue weighted by molar-refractivity contribution is 5.88. The van der Waals surface area contributed by atoms with Gasteiger partial charge in [0.25, 0.3) is 0 Å². The van der Waals surface area contributed by atoms with Crippen LogP contribution in [0.4, 0.5) is 0 Å². The van der Waals surface area contributed by atoms with Crippen LogP contribution in [0.15, 0.2) is 121 Å². The largest absolute Gasteiger partial charge is 0.277 e. The molecule has 2 aromatic heterocycles. The zero-order chi connectivity index (χ0) is 23.9. The lowest BCUT2D eigenvalue weighted by atomic mass is 10.0. The normalized spacial score (nSPS) is 11.3. The molecule has 36 heavy (non-hydrogen) atoms. The maximum absolute atomic E-state index is 4.61. The maximum Gasteiger partial charge on any atom is 0.0927 e. The summed E-state index contributed by atoms with van der Waals surface area (Å²) in [6.07, 6.45) is 0. The van der Waals surface area contributed by atoms with Gasteiger partial charge in [0.15, 0.2) is 0 Å². The van der Waals surface area contributed by atoms with E-state index in [4.69, 9.17) is 0 Å². The van der Waals surface area contributed by atoms with Crippen LogP contribution in [0.25, 0.3) is 66.6 Å². The number of fused-ring (bicyclic) bond motifs is 2. The summed E-state index contributed by atoms with van der Waals surface area (Å²) in [4.78, 5) is 0. The van der Waals surface area contributed by atoms with Crippen molar-refractivity contribution >= 4 is 21.5 Å². The lowest BCUT2D eigenvalue weighted by molar-refractivity contribution is 1.10. The summed E-state index contributed by atoms with van der Waals surface area (Å²) in [5.41, 5.74) is 8.15. The van der Waals surface area contributed by atoms with Crippen LogP contribution < -0.4 is 0 Å². The molecule has 7 rings (SSSR count). The molecule has 2 heterocycles. The van der Waals surface area contributed by atoms with Crippen molar-refractivity contribution in [2.45, 2.75) is 0 Å². The fourth-order valence-electron chi connectivity index (χ4n) is 4.79. The monoisotopic (exact) mass is 462 g/mol. The highest BCUT2D eigenvalue weighted by Crippen LogP contribution is 2.31. The Morgan fingerprint density at radius 2 is 0.833 bits per heavy atom. The van der Waals surface area contributed by atoms with Crippen LogP contribution in [-0.2, 0) is 0 Å². The van der Waals surface area contributed by atoms with Crippen molar-refractivity contribution in [1.29, 1.82) is 0 Å². The van der Waals surface area contributed by atoms with E-state index in [1.54, 1.807) is 0 Å². The van der Waals surface area contributed by atoms with E-state index < -0.39 is 0 Å². The molecule has 0 unspecified atom stereocenters. The first-order valence-electron chi connectivity index (χ1n) is 12.0. The van der Waals surface area contributed by atoms with Crippen molar-refractivity contribution in [3.05, 3.63) is 121 Å². The van der Waals surface area contributed by atoms with Crippen LogP contribution in [0.1, 0.15) is 0 Å². The van der Waals surface area contributed by atoms with Gasteiger partial charge in [0.05, 0.1) is 22.8 Å². The summed E-state index contributed by atoms with van der Waals surface area (Å²) in [7, 11) is 0. The molecule has 0 saturated carbocycles. The van der Waals surface area contributed by atoms with Crippen molar-refractivity contribution in [2.24, 2.45) is 0 Å². The molecule has 0 radical (unpaired) electrons. The first-order valence-corrected chi connectivity index (χ1v) is 12.0. The molecule has 4 heteroatoms. The van der Waals surface area contributed by atoms with E-state index in [1.165, 1.54) is 21.5 Å². The van der Waals surface area contributed by atoms with Gasteiger partial charge in [0.2, 0.25) is 0 Å². The van der Waals surface area contributed by atoms with Gasteiger partial charge in [-0.05, 0) is 51.9 Å². The summed E-state index contributed by atoms with van der Waals surface area (Å²) in [5, 5.41) is 20.5. The van der Waals surface area contributed by atoms with Gasteiger partial charge < -0.3 is 0 Å². The van der Waals surface area contributed by atoms with Gasteiger partial charge in [-0.1, -0.05) is 91.0 Å². The fraction of sp³-hybridized carbons (Fsp3) is 0. The summed E-state index contributed by atoms with van der Waals surface area (Å²) >= 11 is 0. The van der Waals surface area contributed by atoms with Gasteiger partial charge in [-0.2, -0.15) is 10.2 Å². The SMILES string of the molecule is c1cc(-c2cc(-c3ccc4ccccc4c3)[nH]n2)cc(-c2cc(-c3ccc4ccccc4c3)[nH]n2)c1. The van der Waals surface area contributed by atoms with Crippen LogP contribution in [0.2, 0.25) is 0 Å². The van der Waals surface area contributed by atoms with Crippen molar-refractivity contribution in [2.75, 3.05) is 0 Å². The Morgan fingerprint density at radius 3 is 1.33 bits per heavy atom. The molecular formula is C32H22N4. The molecule has 0 fully saturated rings. The minimum Gasteiger partial charge on any atom is -0.277 e. The number of nitrogens with zero attached hydrogens (tertiary/aromatic N) is 2. The highest BCUT2D eigenvalue weighted by Gasteiger charge is 2.11. The van der Waals surface area contributed by atoms with Crippen LogP contribution in [-0.4, -0.2) is 20.4 Å². The third-order valence-electron chi connectivity index (χ3n) is 6.73. The molecule has 5 aromatic carbocycles.